The Hall–Kier alpha value is -3.69. The van der Waals surface area contributed by atoms with Gasteiger partial charge in [-0.25, -0.2) is 4.79 Å². The number of nitrogens with one attached hydrogen (secondary N) is 1. The average molecular weight is 575 g/mol. The Labute approximate surface area is 237 Å². The van der Waals surface area contributed by atoms with Gasteiger partial charge in [-0.3, -0.25) is 9.69 Å². The monoisotopic (exact) mass is 574 g/mol. The maximum Gasteiger partial charge on any atom is 0.416 e. The molecule has 0 saturated carbocycles. The summed E-state index contributed by atoms with van der Waals surface area (Å²) in [5, 5.41) is 0.861. The average Bonchev–Trinajstić information content (AvgIpc) is 3.24. The molecule has 10 heteroatoms. The Kier molecular flexibility index (Phi) is 8.61. The third-order valence-electron chi connectivity index (χ3n) is 6.95. The highest BCUT2D eigenvalue weighted by Gasteiger charge is 2.37. The Bertz CT molecular complexity index is 1420. The van der Waals surface area contributed by atoms with Crippen LogP contribution in [-0.4, -0.2) is 41.2 Å². The van der Waals surface area contributed by atoms with E-state index in [0.717, 1.165) is 28.2 Å². The van der Waals surface area contributed by atoms with Crippen LogP contribution in [0, 0.1) is 5.92 Å². The Morgan fingerprint density at radius 3 is 2.46 bits per heavy atom. The highest BCUT2D eigenvalue weighted by molar-refractivity contribution is 5.87. The van der Waals surface area contributed by atoms with Crippen molar-refractivity contribution >= 4 is 23.0 Å². The summed E-state index contributed by atoms with van der Waals surface area (Å²) in [5.41, 5.74) is 1.82. The fourth-order valence-electron chi connectivity index (χ4n) is 5.19. The second-order valence-electron chi connectivity index (χ2n) is 11.8. The molecular formula is C31H37F3N2O5. The van der Waals surface area contributed by atoms with Gasteiger partial charge in [0.15, 0.2) is 0 Å². The first-order valence-electron chi connectivity index (χ1n) is 13.7. The summed E-state index contributed by atoms with van der Waals surface area (Å²) < 4.78 is 57.6. The van der Waals surface area contributed by atoms with Crippen LogP contribution in [0.3, 0.4) is 0 Å². The number of alkyl halides is 3. The largest absolute Gasteiger partial charge is 0.489 e. The second-order valence-corrected chi connectivity index (χ2v) is 11.8. The molecule has 0 radical (unpaired) electrons. The highest BCUT2D eigenvalue weighted by atomic mass is 19.4. The predicted octanol–water partition coefficient (Wildman–Crippen LogP) is 7.36. The number of carbonyl (C=O) groups excluding carboxylic acids is 2. The Morgan fingerprint density at radius 2 is 1.83 bits per heavy atom. The molecule has 222 valence electrons. The predicted molar refractivity (Wildman–Crippen MR) is 149 cm³/mol. The standard InChI is InChI=1S/C31H37F3N2O5/c1-18(2)13-20-8-7-19(14-24(20)31(32,33)34)17-40-21-9-10-25-23(15-21)22-11-12-36(29(38)41-30(3,4)5)26(28(22)35-25)16-27(37)39-6/h7-10,14-15,18,26,35H,11-13,16-17H2,1-6H3. The van der Waals surface area contributed by atoms with E-state index in [-0.39, 0.29) is 24.5 Å². The molecule has 0 saturated heterocycles. The molecule has 1 aromatic heterocycles. The Balaban J connectivity index is 1.60. The fourth-order valence-corrected chi connectivity index (χ4v) is 5.19. The van der Waals surface area contributed by atoms with Gasteiger partial charge in [0.1, 0.15) is 18.0 Å². The lowest BCUT2D eigenvalue weighted by molar-refractivity contribution is -0.142. The lowest BCUT2D eigenvalue weighted by Gasteiger charge is -2.36. The number of hydrogen-bond donors (Lipinski definition) is 1. The third kappa shape index (κ3) is 7.15. The lowest BCUT2D eigenvalue weighted by atomic mass is 9.95. The molecule has 1 N–H and O–H groups in total. The van der Waals surface area contributed by atoms with Crippen molar-refractivity contribution in [2.45, 2.75) is 78.3 Å². The number of benzene rings is 2. The number of ether oxygens (including phenoxy) is 3. The number of amides is 1. The molecular weight excluding hydrogens is 537 g/mol. The van der Waals surface area contributed by atoms with Crippen LogP contribution >= 0.6 is 0 Å². The number of esters is 1. The number of fused-ring (bicyclic) bond motifs is 3. The van der Waals surface area contributed by atoms with Crippen molar-refractivity contribution in [3.05, 3.63) is 64.3 Å². The molecule has 4 rings (SSSR count). The van der Waals surface area contributed by atoms with Crippen molar-refractivity contribution in [1.29, 1.82) is 0 Å². The number of hydrogen-bond acceptors (Lipinski definition) is 5. The van der Waals surface area contributed by atoms with Crippen LogP contribution in [-0.2, 0) is 39.9 Å². The van der Waals surface area contributed by atoms with Crippen molar-refractivity contribution in [2.24, 2.45) is 5.92 Å². The van der Waals surface area contributed by atoms with Gasteiger partial charge in [-0.15, -0.1) is 0 Å². The summed E-state index contributed by atoms with van der Waals surface area (Å²) in [4.78, 5) is 30.2. The van der Waals surface area contributed by atoms with Crippen molar-refractivity contribution in [3.8, 4) is 5.75 Å². The van der Waals surface area contributed by atoms with Crippen molar-refractivity contribution < 1.29 is 37.0 Å². The van der Waals surface area contributed by atoms with Crippen LogP contribution in [0.15, 0.2) is 36.4 Å². The van der Waals surface area contributed by atoms with Crippen molar-refractivity contribution in [3.63, 3.8) is 0 Å². The van der Waals surface area contributed by atoms with Crippen LogP contribution in [0.25, 0.3) is 10.9 Å². The third-order valence-corrected chi connectivity index (χ3v) is 6.95. The van der Waals surface area contributed by atoms with E-state index in [1.165, 1.54) is 13.2 Å². The molecule has 41 heavy (non-hydrogen) atoms. The topological polar surface area (TPSA) is 80.9 Å². The van der Waals surface area contributed by atoms with E-state index in [1.807, 2.05) is 26.0 Å². The number of aromatic nitrogens is 1. The minimum atomic E-state index is -4.45. The van der Waals surface area contributed by atoms with Crippen LogP contribution in [0.1, 0.15) is 75.0 Å². The number of aromatic amines is 1. The molecule has 3 aromatic rings. The van der Waals surface area contributed by atoms with Gasteiger partial charge in [0, 0.05) is 23.1 Å². The highest BCUT2D eigenvalue weighted by Crippen LogP contribution is 2.39. The molecule has 1 aliphatic rings. The minimum Gasteiger partial charge on any atom is -0.489 e. The van der Waals surface area contributed by atoms with Crippen LogP contribution < -0.4 is 4.74 Å². The fraction of sp³-hybridized carbons (Fsp3) is 0.484. The van der Waals surface area contributed by atoms with Crippen molar-refractivity contribution in [2.75, 3.05) is 13.7 Å². The molecule has 2 aromatic carbocycles. The van der Waals surface area contributed by atoms with Gasteiger partial charge < -0.3 is 19.2 Å². The molecule has 7 nitrogen and oxygen atoms in total. The number of carbonyl (C=O) groups is 2. The van der Waals surface area contributed by atoms with Gasteiger partial charge in [-0.2, -0.15) is 13.2 Å². The molecule has 0 fully saturated rings. The van der Waals surface area contributed by atoms with E-state index in [1.54, 1.807) is 37.8 Å². The van der Waals surface area contributed by atoms with E-state index in [2.05, 4.69) is 4.98 Å². The van der Waals surface area contributed by atoms with Gasteiger partial charge in [-0.1, -0.05) is 26.0 Å². The zero-order valence-electron chi connectivity index (χ0n) is 24.3. The van der Waals surface area contributed by atoms with E-state index >= 15 is 0 Å². The van der Waals surface area contributed by atoms with E-state index in [4.69, 9.17) is 14.2 Å². The van der Waals surface area contributed by atoms with E-state index < -0.39 is 35.4 Å². The van der Waals surface area contributed by atoms with Crippen LogP contribution in [0.4, 0.5) is 18.0 Å². The summed E-state index contributed by atoms with van der Waals surface area (Å²) in [5.74, 6) is 0.135. The first-order valence-corrected chi connectivity index (χ1v) is 13.7. The molecule has 0 spiro atoms. The minimum absolute atomic E-state index is 0.0272. The molecule has 1 aliphatic heterocycles. The van der Waals surface area contributed by atoms with Gasteiger partial charge in [0.2, 0.25) is 0 Å². The summed E-state index contributed by atoms with van der Waals surface area (Å²) in [7, 11) is 1.30. The van der Waals surface area contributed by atoms with E-state index in [0.29, 0.717) is 30.7 Å². The summed E-state index contributed by atoms with van der Waals surface area (Å²) in [6.45, 7) is 9.43. The normalized spacial score (nSPS) is 15.7. The number of halogens is 3. The number of H-pyrrole nitrogens is 1. The number of rotatable bonds is 7. The number of nitrogens with zero attached hydrogens (tertiary/aromatic N) is 1. The first kappa shape index (κ1) is 30.3. The zero-order chi connectivity index (χ0) is 30.1. The van der Waals surface area contributed by atoms with Crippen LogP contribution in [0.5, 0.6) is 5.75 Å². The molecule has 1 unspecified atom stereocenters. The smallest absolute Gasteiger partial charge is 0.416 e. The number of methoxy groups -OCH3 is 1. The van der Waals surface area contributed by atoms with Gasteiger partial charge in [-0.05, 0) is 80.5 Å². The molecule has 2 heterocycles. The molecule has 0 aliphatic carbocycles. The molecule has 1 atom stereocenters. The van der Waals surface area contributed by atoms with Crippen LogP contribution in [0.2, 0.25) is 0 Å². The second kappa shape index (κ2) is 11.7. The summed E-state index contributed by atoms with van der Waals surface area (Å²) in [6.07, 6.45) is -4.16. The van der Waals surface area contributed by atoms with Gasteiger partial charge in [0.05, 0.1) is 25.1 Å². The maximum absolute atomic E-state index is 13.7. The molecule has 1 amide bonds. The lowest BCUT2D eigenvalue weighted by Crippen LogP contribution is -2.43. The first-order chi connectivity index (χ1) is 19.2. The molecule has 0 bridgehead atoms. The summed E-state index contributed by atoms with van der Waals surface area (Å²) in [6, 6.07) is 9.16. The van der Waals surface area contributed by atoms with Gasteiger partial charge >= 0.3 is 18.2 Å². The van der Waals surface area contributed by atoms with Crippen molar-refractivity contribution in [1.82, 2.24) is 9.88 Å². The maximum atomic E-state index is 13.7. The zero-order valence-corrected chi connectivity index (χ0v) is 24.3. The van der Waals surface area contributed by atoms with Gasteiger partial charge in [0.25, 0.3) is 0 Å². The Morgan fingerprint density at radius 1 is 1.10 bits per heavy atom. The SMILES string of the molecule is COC(=O)CC1c2[nH]c3ccc(OCc4ccc(CC(C)C)c(C(F)(F)F)c4)cc3c2CCN1C(=O)OC(C)(C)C. The summed E-state index contributed by atoms with van der Waals surface area (Å²) >= 11 is 0. The quantitative estimate of drug-likeness (QED) is 0.298. The van der Waals surface area contributed by atoms with E-state index in [9.17, 15) is 22.8 Å².